The summed E-state index contributed by atoms with van der Waals surface area (Å²) in [6, 6.07) is 7.59. The van der Waals surface area contributed by atoms with Gasteiger partial charge in [0.2, 0.25) is 0 Å². The van der Waals surface area contributed by atoms with Gasteiger partial charge in [-0.25, -0.2) is 0 Å². The van der Waals surface area contributed by atoms with Gasteiger partial charge >= 0.3 is 6.61 Å². The van der Waals surface area contributed by atoms with Crippen molar-refractivity contribution in [2.24, 2.45) is 0 Å². The molecule has 0 saturated heterocycles. The SMILES string of the molecule is C=CCn1c(=C(C#N)C(=O)NCCOC)sc(=Cc2ccc(OC(F)F)cc2)c1=O. The van der Waals surface area contributed by atoms with Crippen molar-refractivity contribution >= 4 is 28.9 Å². The molecule has 2 rings (SSSR count). The average molecular weight is 435 g/mol. The van der Waals surface area contributed by atoms with Gasteiger partial charge in [-0.05, 0) is 23.8 Å². The molecule has 30 heavy (non-hydrogen) atoms. The highest BCUT2D eigenvalue weighted by atomic mass is 32.1. The summed E-state index contributed by atoms with van der Waals surface area (Å²) in [6.07, 6.45) is 3.02. The molecular weight excluding hydrogens is 416 g/mol. The predicted molar refractivity (Wildman–Crippen MR) is 109 cm³/mol. The summed E-state index contributed by atoms with van der Waals surface area (Å²) in [5, 5.41) is 12.1. The van der Waals surface area contributed by atoms with Crippen LogP contribution in [0.1, 0.15) is 5.56 Å². The Labute approximate surface area is 174 Å². The number of thiazole rings is 1. The van der Waals surface area contributed by atoms with Gasteiger partial charge in [-0.2, -0.15) is 14.0 Å². The van der Waals surface area contributed by atoms with Crippen LogP contribution in [0.3, 0.4) is 0 Å². The number of benzene rings is 1. The molecule has 0 aliphatic rings. The van der Waals surface area contributed by atoms with Gasteiger partial charge < -0.3 is 14.8 Å². The molecule has 1 aromatic carbocycles. The van der Waals surface area contributed by atoms with Gasteiger partial charge in [-0.1, -0.05) is 18.2 Å². The van der Waals surface area contributed by atoms with Crippen LogP contribution >= 0.6 is 11.3 Å². The van der Waals surface area contributed by atoms with Gasteiger partial charge in [0, 0.05) is 20.2 Å². The van der Waals surface area contributed by atoms with E-state index in [9.17, 15) is 23.6 Å². The number of rotatable bonds is 9. The minimum absolute atomic E-state index is 0.00841. The number of nitriles is 1. The second-order valence-corrected chi connectivity index (χ2v) is 6.83. The lowest BCUT2D eigenvalue weighted by atomic mass is 10.2. The van der Waals surface area contributed by atoms with Crippen LogP contribution in [0.2, 0.25) is 0 Å². The fraction of sp³-hybridized carbons (Fsp3) is 0.250. The first-order valence-corrected chi connectivity index (χ1v) is 9.51. The molecular formula is C20H19F2N3O4S. The number of hydrogen-bond acceptors (Lipinski definition) is 6. The first-order chi connectivity index (χ1) is 14.4. The highest BCUT2D eigenvalue weighted by molar-refractivity contribution is 7.07. The Morgan fingerprint density at radius 3 is 2.67 bits per heavy atom. The molecule has 1 amide bonds. The second-order valence-electron chi connectivity index (χ2n) is 5.80. The molecule has 158 valence electrons. The number of allylic oxidation sites excluding steroid dienone is 1. The van der Waals surface area contributed by atoms with E-state index in [4.69, 9.17) is 4.74 Å². The minimum Gasteiger partial charge on any atom is -0.435 e. The molecule has 0 unspecified atom stereocenters. The number of hydrogen-bond donors (Lipinski definition) is 1. The minimum atomic E-state index is -2.93. The third-order valence-electron chi connectivity index (χ3n) is 3.77. The van der Waals surface area contributed by atoms with E-state index in [0.717, 1.165) is 11.3 Å². The number of nitrogens with one attached hydrogen (secondary N) is 1. The van der Waals surface area contributed by atoms with Crippen molar-refractivity contribution in [3.8, 4) is 11.8 Å². The van der Waals surface area contributed by atoms with E-state index in [0.29, 0.717) is 5.56 Å². The van der Waals surface area contributed by atoms with Gasteiger partial charge in [0.25, 0.3) is 11.5 Å². The topological polar surface area (TPSA) is 93.3 Å². The number of amides is 1. The number of aromatic nitrogens is 1. The van der Waals surface area contributed by atoms with Crippen LogP contribution in [0.5, 0.6) is 5.75 Å². The first-order valence-electron chi connectivity index (χ1n) is 8.70. The fourth-order valence-corrected chi connectivity index (χ4v) is 3.56. The standard InChI is InChI=1S/C20H19F2N3O4S/c1-3-9-25-18(27)16(11-13-4-6-14(7-5-13)29-20(21)22)30-19(25)15(12-23)17(26)24-8-10-28-2/h3-7,11,20H,1,8-10H2,2H3,(H,24,26). The monoisotopic (exact) mass is 435 g/mol. The Morgan fingerprint density at radius 1 is 1.40 bits per heavy atom. The number of nitrogens with zero attached hydrogens (tertiary/aromatic N) is 2. The maximum atomic E-state index is 12.8. The van der Waals surface area contributed by atoms with E-state index in [1.807, 2.05) is 6.07 Å². The number of carbonyl (C=O) groups excluding carboxylic acids is 1. The van der Waals surface area contributed by atoms with E-state index >= 15 is 0 Å². The Balaban J connectivity index is 2.54. The third kappa shape index (κ3) is 5.85. The molecule has 10 heteroatoms. The molecule has 0 aliphatic heterocycles. The summed E-state index contributed by atoms with van der Waals surface area (Å²) >= 11 is 0.980. The molecule has 2 aromatic rings. The van der Waals surface area contributed by atoms with Crippen molar-refractivity contribution in [1.82, 2.24) is 9.88 Å². The van der Waals surface area contributed by atoms with Crippen LogP contribution in [-0.4, -0.2) is 37.3 Å². The van der Waals surface area contributed by atoms with Gasteiger partial charge in [-0.15, -0.1) is 17.9 Å². The van der Waals surface area contributed by atoms with Gasteiger partial charge in [0.15, 0.2) is 5.57 Å². The maximum Gasteiger partial charge on any atom is 0.387 e. The van der Waals surface area contributed by atoms with Crippen molar-refractivity contribution in [3.63, 3.8) is 0 Å². The molecule has 0 spiro atoms. The molecule has 1 N–H and O–H groups in total. The lowest BCUT2D eigenvalue weighted by Gasteiger charge is -2.03. The van der Waals surface area contributed by atoms with E-state index in [-0.39, 0.29) is 40.2 Å². The lowest BCUT2D eigenvalue weighted by molar-refractivity contribution is -0.115. The highest BCUT2D eigenvalue weighted by Crippen LogP contribution is 2.15. The van der Waals surface area contributed by atoms with Crippen molar-refractivity contribution in [3.05, 3.63) is 62.0 Å². The number of methoxy groups -OCH3 is 1. The molecule has 0 fully saturated rings. The Bertz CT molecular complexity index is 1110. The van der Waals surface area contributed by atoms with Crippen molar-refractivity contribution in [2.45, 2.75) is 13.2 Å². The van der Waals surface area contributed by atoms with Gasteiger partial charge in [0.1, 0.15) is 16.5 Å². The van der Waals surface area contributed by atoms with Crippen LogP contribution in [0.15, 0.2) is 41.7 Å². The summed E-state index contributed by atoms with van der Waals surface area (Å²) < 4.78 is 35.4. The Kier molecular flexibility index (Phi) is 8.46. The molecule has 0 bridgehead atoms. The van der Waals surface area contributed by atoms with Crippen LogP contribution in [-0.2, 0) is 16.1 Å². The summed E-state index contributed by atoms with van der Waals surface area (Å²) in [7, 11) is 1.48. The summed E-state index contributed by atoms with van der Waals surface area (Å²) in [4.78, 5) is 25.2. The normalized spacial score (nSPS) is 12.4. The quantitative estimate of drug-likeness (QED) is 0.468. The van der Waals surface area contributed by atoms with E-state index < -0.39 is 18.1 Å². The zero-order valence-electron chi connectivity index (χ0n) is 16.1. The highest BCUT2D eigenvalue weighted by Gasteiger charge is 2.15. The number of carbonyl (C=O) groups is 1. The van der Waals surface area contributed by atoms with Gasteiger partial charge in [-0.3, -0.25) is 14.2 Å². The van der Waals surface area contributed by atoms with E-state index in [1.54, 1.807) is 6.08 Å². The number of halogens is 2. The van der Waals surface area contributed by atoms with E-state index in [2.05, 4.69) is 16.6 Å². The first kappa shape index (κ1) is 23.0. The smallest absolute Gasteiger partial charge is 0.387 e. The van der Waals surface area contributed by atoms with Gasteiger partial charge in [0.05, 0.1) is 11.1 Å². The molecule has 0 aliphatic carbocycles. The fourth-order valence-electron chi connectivity index (χ4n) is 2.45. The predicted octanol–water partition coefficient (Wildman–Crippen LogP) is 0.963. The number of ether oxygens (including phenoxy) is 2. The molecule has 0 saturated carbocycles. The molecule has 1 heterocycles. The summed E-state index contributed by atoms with van der Waals surface area (Å²) in [5.41, 5.74) is -0.0362. The van der Waals surface area contributed by atoms with E-state index in [1.165, 1.54) is 42.0 Å². The van der Waals surface area contributed by atoms with Crippen LogP contribution in [0, 0.1) is 11.3 Å². The molecule has 0 atom stereocenters. The van der Waals surface area contributed by atoms with Crippen molar-refractivity contribution in [2.75, 3.05) is 20.3 Å². The zero-order valence-corrected chi connectivity index (χ0v) is 16.9. The summed E-state index contributed by atoms with van der Waals surface area (Å²) in [6.45, 7) is 1.27. The van der Waals surface area contributed by atoms with Crippen LogP contribution in [0.4, 0.5) is 8.78 Å². The Morgan fingerprint density at radius 2 is 2.10 bits per heavy atom. The molecule has 7 nitrogen and oxygen atoms in total. The van der Waals surface area contributed by atoms with Crippen LogP contribution in [0.25, 0.3) is 11.6 Å². The van der Waals surface area contributed by atoms with Crippen molar-refractivity contribution in [1.29, 1.82) is 5.26 Å². The summed E-state index contributed by atoms with van der Waals surface area (Å²) in [5.74, 6) is -0.625. The molecule has 0 radical (unpaired) electrons. The van der Waals surface area contributed by atoms with Crippen LogP contribution < -0.4 is 24.8 Å². The van der Waals surface area contributed by atoms with Crippen molar-refractivity contribution < 1.29 is 23.0 Å². The number of alkyl halides is 2. The lowest BCUT2D eigenvalue weighted by Crippen LogP contribution is -2.35. The second kappa shape index (κ2) is 11.0. The average Bonchev–Trinajstić information content (AvgIpc) is 3.00. The largest absolute Gasteiger partial charge is 0.435 e. The maximum absolute atomic E-state index is 12.8. The molecule has 1 aromatic heterocycles. The third-order valence-corrected chi connectivity index (χ3v) is 4.90. The zero-order chi connectivity index (χ0) is 22.1. The Hall–Kier alpha value is -3.29.